The van der Waals surface area contributed by atoms with Crippen LogP contribution < -0.4 is 15.4 Å². The number of thioether (sulfide) groups is 1. The van der Waals surface area contributed by atoms with E-state index in [4.69, 9.17) is 4.74 Å². The number of urea groups is 1. The van der Waals surface area contributed by atoms with Crippen LogP contribution in [0.25, 0.3) is 22.2 Å². The highest BCUT2D eigenvalue weighted by atomic mass is 127. The number of hydrogen-bond donors (Lipinski definition) is 2. The molecule has 152 valence electrons. The first-order valence-corrected chi connectivity index (χ1v) is 11.1. The Morgan fingerprint density at radius 3 is 2.59 bits per heavy atom. The Balaban J connectivity index is 2.15. The minimum absolute atomic E-state index is 0.331. The lowest BCUT2D eigenvalue weighted by Gasteiger charge is -2.21. The minimum atomic E-state index is -0.374. The number of benzene rings is 1. The van der Waals surface area contributed by atoms with Crippen molar-refractivity contribution >= 4 is 57.2 Å². The first-order valence-electron chi connectivity index (χ1n) is 8.84. The molecule has 0 bridgehead atoms. The van der Waals surface area contributed by atoms with Gasteiger partial charge in [-0.05, 0) is 79.4 Å². The molecule has 9 heteroatoms. The SMILES string of the molecule is COc1cc(I)cc(-c2cc3cnc(SC)nc3nc2NC(=O)NC(C)(C)C)c1. The van der Waals surface area contributed by atoms with Crippen molar-refractivity contribution < 1.29 is 9.53 Å². The lowest BCUT2D eigenvalue weighted by Crippen LogP contribution is -2.43. The van der Waals surface area contributed by atoms with Crippen LogP contribution in [0.2, 0.25) is 0 Å². The van der Waals surface area contributed by atoms with E-state index in [0.717, 1.165) is 25.8 Å². The van der Waals surface area contributed by atoms with Crippen LogP contribution in [0.5, 0.6) is 5.75 Å². The van der Waals surface area contributed by atoms with Gasteiger partial charge in [-0.3, -0.25) is 5.32 Å². The van der Waals surface area contributed by atoms with Crippen LogP contribution in [0.15, 0.2) is 35.6 Å². The molecule has 0 aliphatic heterocycles. The van der Waals surface area contributed by atoms with Crippen LogP contribution in [0, 0.1) is 3.57 Å². The quantitative estimate of drug-likeness (QED) is 0.286. The lowest BCUT2D eigenvalue weighted by atomic mass is 10.0. The number of carbonyl (C=O) groups excluding carboxylic acids is 1. The van der Waals surface area contributed by atoms with Gasteiger partial charge >= 0.3 is 6.03 Å². The van der Waals surface area contributed by atoms with Gasteiger partial charge in [-0.1, -0.05) is 11.8 Å². The lowest BCUT2D eigenvalue weighted by molar-refractivity contribution is 0.243. The maximum Gasteiger partial charge on any atom is 0.320 e. The molecule has 0 aliphatic carbocycles. The highest BCUT2D eigenvalue weighted by Gasteiger charge is 2.18. The molecule has 0 saturated heterocycles. The van der Waals surface area contributed by atoms with Crippen LogP contribution in [-0.4, -0.2) is 39.9 Å². The predicted molar refractivity (Wildman–Crippen MR) is 126 cm³/mol. The number of aromatic nitrogens is 3. The summed E-state index contributed by atoms with van der Waals surface area (Å²) in [4.78, 5) is 26.0. The molecule has 0 atom stereocenters. The molecule has 3 rings (SSSR count). The number of hydrogen-bond acceptors (Lipinski definition) is 6. The van der Waals surface area contributed by atoms with Crippen LogP contribution >= 0.6 is 34.4 Å². The van der Waals surface area contributed by atoms with Crippen LogP contribution in [0.4, 0.5) is 10.6 Å². The zero-order valence-corrected chi connectivity index (χ0v) is 19.8. The van der Waals surface area contributed by atoms with Crippen LogP contribution in [0.3, 0.4) is 0 Å². The van der Waals surface area contributed by atoms with Gasteiger partial charge in [0.05, 0.1) is 7.11 Å². The zero-order chi connectivity index (χ0) is 21.2. The fourth-order valence-corrected chi connectivity index (χ4v) is 3.66. The summed E-state index contributed by atoms with van der Waals surface area (Å²) >= 11 is 3.68. The number of methoxy groups -OCH3 is 1. The molecule has 2 aromatic heterocycles. The molecule has 2 N–H and O–H groups in total. The van der Waals surface area contributed by atoms with Gasteiger partial charge in [0.25, 0.3) is 0 Å². The highest BCUT2D eigenvalue weighted by molar-refractivity contribution is 14.1. The molecule has 0 unspecified atom stereocenters. The number of nitrogens with one attached hydrogen (secondary N) is 2. The fraction of sp³-hybridized carbons (Fsp3) is 0.300. The number of nitrogens with zero attached hydrogens (tertiary/aromatic N) is 3. The summed E-state index contributed by atoms with van der Waals surface area (Å²) in [6, 6.07) is 7.46. The van der Waals surface area contributed by atoms with E-state index in [0.29, 0.717) is 16.6 Å². The molecule has 7 nitrogen and oxygen atoms in total. The van der Waals surface area contributed by atoms with Crippen molar-refractivity contribution in [3.05, 3.63) is 34.0 Å². The number of ether oxygens (including phenoxy) is 1. The Bertz CT molecular complexity index is 1070. The van der Waals surface area contributed by atoms with E-state index in [1.807, 2.05) is 51.3 Å². The maximum atomic E-state index is 12.5. The van der Waals surface area contributed by atoms with Gasteiger partial charge in [0.15, 0.2) is 10.8 Å². The predicted octanol–water partition coefficient (Wildman–Crippen LogP) is 4.95. The first-order chi connectivity index (χ1) is 13.7. The number of halogens is 1. The van der Waals surface area contributed by atoms with Gasteiger partial charge < -0.3 is 10.1 Å². The summed E-state index contributed by atoms with van der Waals surface area (Å²) in [6.07, 6.45) is 3.65. The highest BCUT2D eigenvalue weighted by Crippen LogP contribution is 2.33. The topological polar surface area (TPSA) is 89.0 Å². The number of fused-ring (bicyclic) bond motifs is 1. The van der Waals surface area contributed by atoms with Gasteiger partial charge in [-0.2, -0.15) is 0 Å². The van der Waals surface area contributed by atoms with Gasteiger partial charge in [-0.25, -0.2) is 19.7 Å². The third-order valence-electron chi connectivity index (χ3n) is 3.87. The number of amides is 2. The van der Waals surface area contributed by atoms with Crippen molar-refractivity contribution in [3.63, 3.8) is 0 Å². The van der Waals surface area contributed by atoms with E-state index in [-0.39, 0.29) is 11.6 Å². The molecule has 0 radical (unpaired) electrons. The van der Waals surface area contributed by atoms with E-state index in [9.17, 15) is 4.79 Å². The number of anilines is 1. The monoisotopic (exact) mass is 523 g/mol. The van der Waals surface area contributed by atoms with Gasteiger partial charge in [0, 0.05) is 26.3 Å². The van der Waals surface area contributed by atoms with Gasteiger partial charge in [-0.15, -0.1) is 0 Å². The maximum absolute atomic E-state index is 12.5. The standard InChI is InChI=1S/C20H22IN5O2S/c1-20(2,3)26-18(27)24-17-15(11-6-13(21)9-14(7-11)28-4)8-12-10-22-19(29-5)25-16(12)23-17/h6-10H,1-5H3,(H2,22,23,24,25,26,27). The van der Waals surface area contributed by atoms with E-state index < -0.39 is 0 Å². The molecule has 3 aromatic rings. The van der Waals surface area contributed by atoms with E-state index in [1.165, 1.54) is 11.8 Å². The summed E-state index contributed by atoms with van der Waals surface area (Å²) < 4.78 is 6.42. The second-order valence-corrected chi connectivity index (χ2v) is 9.38. The average molecular weight is 523 g/mol. The van der Waals surface area contributed by atoms with Crippen molar-refractivity contribution in [2.45, 2.75) is 31.5 Å². The van der Waals surface area contributed by atoms with Gasteiger partial charge in [0.2, 0.25) is 0 Å². The summed E-state index contributed by atoms with van der Waals surface area (Å²) in [5.41, 5.74) is 1.79. The number of pyridine rings is 1. The van der Waals surface area contributed by atoms with Crippen LogP contribution in [0.1, 0.15) is 20.8 Å². The second-order valence-electron chi connectivity index (χ2n) is 7.36. The smallest absolute Gasteiger partial charge is 0.320 e. The summed E-state index contributed by atoms with van der Waals surface area (Å²) in [5.74, 6) is 1.15. The number of carbonyl (C=O) groups is 1. The Morgan fingerprint density at radius 1 is 1.17 bits per heavy atom. The van der Waals surface area contributed by atoms with Crippen molar-refractivity contribution in [1.29, 1.82) is 0 Å². The fourth-order valence-electron chi connectivity index (χ4n) is 2.68. The third kappa shape index (κ3) is 5.47. The molecular formula is C20H22IN5O2S. The molecule has 0 fully saturated rings. The molecule has 2 heterocycles. The van der Waals surface area contributed by atoms with Crippen LogP contribution in [-0.2, 0) is 0 Å². The molecule has 0 spiro atoms. The zero-order valence-electron chi connectivity index (χ0n) is 16.8. The van der Waals surface area contributed by atoms with Gasteiger partial charge in [0.1, 0.15) is 11.6 Å². The Morgan fingerprint density at radius 2 is 1.93 bits per heavy atom. The van der Waals surface area contributed by atoms with Crippen molar-refractivity contribution in [3.8, 4) is 16.9 Å². The van der Waals surface area contributed by atoms with Crippen molar-refractivity contribution in [2.75, 3.05) is 18.7 Å². The van der Waals surface area contributed by atoms with Crippen molar-refractivity contribution in [1.82, 2.24) is 20.3 Å². The molecule has 2 amide bonds. The molecule has 0 aliphatic rings. The molecule has 1 aromatic carbocycles. The normalized spacial score (nSPS) is 11.4. The number of rotatable bonds is 4. The Kier molecular flexibility index (Phi) is 6.47. The molecule has 29 heavy (non-hydrogen) atoms. The third-order valence-corrected chi connectivity index (χ3v) is 5.05. The first kappa shape index (κ1) is 21.6. The molecular weight excluding hydrogens is 501 g/mol. The van der Waals surface area contributed by atoms with E-state index in [2.05, 4.69) is 48.2 Å². The Hall–Kier alpha value is -2.14. The van der Waals surface area contributed by atoms with E-state index >= 15 is 0 Å². The van der Waals surface area contributed by atoms with E-state index in [1.54, 1.807) is 13.3 Å². The average Bonchev–Trinajstić information content (AvgIpc) is 2.64. The minimum Gasteiger partial charge on any atom is -0.497 e. The largest absolute Gasteiger partial charge is 0.497 e. The Labute approximate surface area is 187 Å². The summed E-state index contributed by atoms with van der Waals surface area (Å²) in [7, 11) is 1.63. The second kappa shape index (κ2) is 8.70. The summed E-state index contributed by atoms with van der Waals surface area (Å²) in [6.45, 7) is 5.76. The summed E-state index contributed by atoms with van der Waals surface area (Å²) in [5, 5.41) is 7.19. The molecule has 0 saturated carbocycles. The van der Waals surface area contributed by atoms with Crippen molar-refractivity contribution in [2.24, 2.45) is 0 Å².